The Morgan fingerprint density at radius 1 is 1.50 bits per heavy atom. The molecule has 4 heteroatoms. The van der Waals surface area contributed by atoms with E-state index in [1.165, 1.54) is 6.42 Å². The first kappa shape index (κ1) is 11.2. The van der Waals surface area contributed by atoms with Gasteiger partial charge < -0.3 is 10.3 Å². The largest absolute Gasteiger partial charge is 0.331 e. The number of fused-ring (bicyclic) bond motifs is 1. The summed E-state index contributed by atoms with van der Waals surface area (Å²) in [5.74, 6) is 0.971. The van der Waals surface area contributed by atoms with Crippen LogP contribution in [0.2, 0.25) is 0 Å². The number of nitriles is 1. The molecule has 1 aromatic heterocycles. The molecule has 1 aliphatic heterocycles. The number of nitrogens with zero attached hydrogens (tertiary/aromatic N) is 3. The third-order valence-corrected chi connectivity index (χ3v) is 2.92. The summed E-state index contributed by atoms with van der Waals surface area (Å²) in [6, 6.07) is 2.19. The molecule has 2 heterocycles. The van der Waals surface area contributed by atoms with E-state index in [-0.39, 0.29) is 5.54 Å². The van der Waals surface area contributed by atoms with E-state index < -0.39 is 0 Å². The first-order valence-corrected chi connectivity index (χ1v) is 5.78. The summed E-state index contributed by atoms with van der Waals surface area (Å²) in [7, 11) is 0. The van der Waals surface area contributed by atoms with E-state index in [4.69, 9.17) is 11.0 Å². The lowest BCUT2D eigenvalue weighted by molar-refractivity contribution is 0.459. The standard InChI is InChI=1S/C12H18N4/c1-12(2,14)7-11-15-9(8-13)10-5-3-4-6-16(10)11/h3-7,14H2,1-2H3. The van der Waals surface area contributed by atoms with Crippen molar-refractivity contribution in [3.8, 4) is 6.07 Å². The van der Waals surface area contributed by atoms with Crippen LogP contribution in [-0.4, -0.2) is 15.1 Å². The van der Waals surface area contributed by atoms with Crippen LogP contribution >= 0.6 is 0 Å². The first-order valence-electron chi connectivity index (χ1n) is 5.78. The summed E-state index contributed by atoms with van der Waals surface area (Å²) in [4.78, 5) is 4.42. The molecule has 0 amide bonds. The molecule has 86 valence electrons. The van der Waals surface area contributed by atoms with Crippen molar-refractivity contribution in [1.82, 2.24) is 9.55 Å². The van der Waals surface area contributed by atoms with Crippen LogP contribution in [0.3, 0.4) is 0 Å². The molecule has 2 rings (SSSR count). The van der Waals surface area contributed by atoms with Crippen LogP contribution in [0.25, 0.3) is 0 Å². The smallest absolute Gasteiger partial charge is 0.161 e. The minimum absolute atomic E-state index is 0.272. The van der Waals surface area contributed by atoms with Gasteiger partial charge in [0.15, 0.2) is 5.69 Å². The lowest BCUT2D eigenvalue weighted by Gasteiger charge is -2.21. The van der Waals surface area contributed by atoms with Gasteiger partial charge in [0.05, 0.1) is 5.69 Å². The van der Waals surface area contributed by atoms with Crippen molar-refractivity contribution in [2.75, 3.05) is 0 Å². The third kappa shape index (κ3) is 2.10. The highest BCUT2D eigenvalue weighted by Crippen LogP contribution is 2.22. The van der Waals surface area contributed by atoms with E-state index in [0.717, 1.165) is 37.3 Å². The van der Waals surface area contributed by atoms with Crippen LogP contribution in [0.4, 0.5) is 0 Å². The predicted molar refractivity (Wildman–Crippen MR) is 61.9 cm³/mol. The normalized spacial score (nSPS) is 15.6. The van der Waals surface area contributed by atoms with Crippen molar-refractivity contribution in [2.45, 2.75) is 51.6 Å². The molecule has 0 spiro atoms. The molecule has 0 saturated carbocycles. The minimum atomic E-state index is -0.272. The molecular formula is C12H18N4. The van der Waals surface area contributed by atoms with Crippen LogP contribution < -0.4 is 5.73 Å². The molecule has 0 radical (unpaired) electrons. The topological polar surface area (TPSA) is 67.6 Å². The number of nitrogens with two attached hydrogens (primary N) is 1. The summed E-state index contributed by atoms with van der Waals surface area (Å²) in [5.41, 5.74) is 7.44. The second-order valence-electron chi connectivity index (χ2n) is 5.21. The SMILES string of the molecule is CC(C)(N)Cc1nc(C#N)c2n1CCCC2. The average molecular weight is 218 g/mol. The van der Waals surface area contributed by atoms with Gasteiger partial charge in [-0.25, -0.2) is 4.98 Å². The summed E-state index contributed by atoms with van der Waals surface area (Å²) in [6.45, 7) is 4.96. The molecule has 1 aliphatic rings. The highest BCUT2D eigenvalue weighted by atomic mass is 15.1. The Morgan fingerprint density at radius 2 is 2.25 bits per heavy atom. The molecular weight excluding hydrogens is 200 g/mol. The maximum atomic E-state index is 9.05. The van der Waals surface area contributed by atoms with Crippen molar-refractivity contribution >= 4 is 0 Å². The number of imidazole rings is 1. The zero-order chi connectivity index (χ0) is 11.8. The summed E-state index contributed by atoms with van der Waals surface area (Å²) in [5, 5.41) is 9.05. The second-order valence-corrected chi connectivity index (χ2v) is 5.21. The van der Waals surface area contributed by atoms with Crippen LogP contribution in [0.5, 0.6) is 0 Å². The Labute approximate surface area is 96.1 Å². The van der Waals surface area contributed by atoms with Gasteiger partial charge in [0.25, 0.3) is 0 Å². The van der Waals surface area contributed by atoms with E-state index in [1.807, 2.05) is 13.8 Å². The van der Waals surface area contributed by atoms with Crippen molar-refractivity contribution in [3.63, 3.8) is 0 Å². The Kier molecular flexibility index (Phi) is 2.73. The van der Waals surface area contributed by atoms with Gasteiger partial charge in [0, 0.05) is 18.5 Å². The third-order valence-electron chi connectivity index (χ3n) is 2.92. The van der Waals surface area contributed by atoms with Crippen molar-refractivity contribution in [1.29, 1.82) is 5.26 Å². The number of rotatable bonds is 2. The fourth-order valence-corrected chi connectivity index (χ4v) is 2.25. The number of hydrogen-bond acceptors (Lipinski definition) is 3. The lowest BCUT2D eigenvalue weighted by atomic mass is 10.0. The Morgan fingerprint density at radius 3 is 2.88 bits per heavy atom. The van der Waals surface area contributed by atoms with Crippen molar-refractivity contribution in [2.24, 2.45) is 5.73 Å². The molecule has 4 nitrogen and oxygen atoms in total. The summed E-state index contributed by atoms with van der Waals surface area (Å²) < 4.78 is 2.19. The second kappa shape index (κ2) is 3.91. The summed E-state index contributed by atoms with van der Waals surface area (Å²) >= 11 is 0. The predicted octanol–water partition coefficient (Wildman–Crippen LogP) is 1.37. The Balaban J connectivity index is 2.39. The molecule has 0 saturated heterocycles. The number of hydrogen-bond donors (Lipinski definition) is 1. The molecule has 1 aromatic rings. The fraction of sp³-hybridized carbons (Fsp3) is 0.667. The molecule has 0 unspecified atom stereocenters. The molecule has 0 fully saturated rings. The van der Waals surface area contributed by atoms with E-state index in [9.17, 15) is 0 Å². The number of aromatic nitrogens is 2. The van der Waals surface area contributed by atoms with Gasteiger partial charge in [-0.1, -0.05) is 0 Å². The van der Waals surface area contributed by atoms with Gasteiger partial charge in [-0.3, -0.25) is 0 Å². The van der Waals surface area contributed by atoms with E-state index >= 15 is 0 Å². The van der Waals surface area contributed by atoms with Gasteiger partial charge in [-0.2, -0.15) is 5.26 Å². The Hall–Kier alpha value is -1.34. The maximum Gasteiger partial charge on any atom is 0.161 e. The van der Waals surface area contributed by atoms with Gasteiger partial charge in [-0.15, -0.1) is 0 Å². The van der Waals surface area contributed by atoms with E-state index in [0.29, 0.717) is 5.69 Å². The summed E-state index contributed by atoms with van der Waals surface area (Å²) in [6.07, 6.45) is 4.03. The molecule has 16 heavy (non-hydrogen) atoms. The maximum absolute atomic E-state index is 9.05. The van der Waals surface area contributed by atoms with Crippen LogP contribution in [0.1, 0.15) is 43.9 Å². The quantitative estimate of drug-likeness (QED) is 0.815. The molecule has 0 bridgehead atoms. The average Bonchev–Trinajstić information content (AvgIpc) is 2.55. The molecule has 0 aliphatic carbocycles. The zero-order valence-corrected chi connectivity index (χ0v) is 9.95. The molecule has 0 atom stereocenters. The van der Waals surface area contributed by atoms with Gasteiger partial charge in [-0.05, 0) is 33.1 Å². The van der Waals surface area contributed by atoms with Gasteiger partial charge >= 0.3 is 0 Å². The monoisotopic (exact) mass is 218 g/mol. The zero-order valence-electron chi connectivity index (χ0n) is 9.95. The minimum Gasteiger partial charge on any atom is -0.331 e. The van der Waals surface area contributed by atoms with Crippen molar-refractivity contribution < 1.29 is 0 Å². The van der Waals surface area contributed by atoms with Gasteiger partial charge in [0.2, 0.25) is 0 Å². The lowest BCUT2D eigenvalue weighted by Crippen LogP contribution is -2.35. The van der Waals surface area contributed by atoms with Crippen LogP contribution in [0.15, 0.2) is 0 Å². The molecule has 0 aromatic carbocycles. The highest BCUT2D eigenvalue weighted by Gasteiger charge is 2.23. The van der Waals surface area contributed by atoms with Crippen LogP contribution in [0, 0.1) is 11.3 Å². The van der Waals surface area contributed by atoms with Crippen LogP contribution in [-0.2, 0) is 19.4 Å². The molecule has 2 N–H and O–H groups in total. The van der Waals surface area contributed by atoms with Gasteiger partial charge in [0.1, 0.15) is 11.9 Å². The van der Waals surface area contributed by atoms with E-state index in [1.54, 1.807) is 0 Å². The van der Waals surface area contributed by atoms with E-state index in [2.05, 4.69) is 15.6 Å². The first-order chi connectivity index (χ1) is 7.51. The fourth-order valence-electron chi connectivity index (χ4n) is 2.25. The van der Waals surface area contributed by atoms with Crippen molar-refractivity contribution in [3.05, 3.63) is 17.2 Å². The Bertz CT molecular complexity index is 431. The highest BCUT2D eigenvalue weighted by molar-refractivity contribution is 5.30.